The van der Waals surface area contributed by atoms with E-state index in [0.29, 0.717) is 12.0 Å². The van der Waals surface area contributed by atoms with Gasteiger partial charge in [-0.25, -0.2) is 4.98 Å². The lowest BCUT2D eigenvalue weighted by Crippen LogP contribution is -2.21. The van der Waals surface area contributed by atoms with Gasteiger partial charge in [0.2, 0.25) is 5.95 Å². The first-order valence-corrected chi connectivity index (χ1v) is 5.33. The van der Waals surface area contributed by atoms with Crippen molar-refractivity contribution in [1.29, 1.82) is 0 Å². The summed E-state index contributed by atoms with van der Waals surface area (Å²) in [5.41, 5.74) is 0.654. The molecule has 4 nitrogen and oxygen atoms in total. The Kier molecular flexibility index (Phi) is 2.29. The van der Waals surface area contributed by atoms with Crippen molar-refractivity contribution in [3.8, 4) is 0 Å². The van der Waals surface area contributed by atoms with E-state index in [0.717, 1.165) is 5.69 Å². The van der Waals surface area contributed by atoms with Crippen LogP contribution in [0.25, 0.3) is 0 Å². The van der Waals surface area contributed by atoms with Crippen LogP contribution < -0.4 is 10.9 Å². The molecule has 1 saturated carbocycles. The number of hydrogen-bond donors (Lipinski definition) is 2. The molecule has 15 heavy (non-hydrogen) atoms. The van der Waals surface area contributed by atoms with Gasteiger partial charge < -0.3 is 5.32 Å². The quantitative estimate of drug-likeness (QED) is 0.775. The van der Waals surface area contributed by atoms with Gasteiger partial charge in [-0.2, -0.15) is 0 Å². The largest absolute Gasteiger partial charge is 0.353 e. The normalized spacial score (nSPS) is 16.5. The van der Waals surface area contributed by atoms with E-state index in [4.69, 9.17) is 0 Å². The van der Waals surface area contributed by atoms with Crippen LogP contribution in [0.15, 0.2) is 10.9 Å². The molecule has 2 rings (SSSR count). The van der Waals surface area contributed by atoms with Crippen molar-refractivity contribution in [3.05, 3.63) is 22.1 Å². The zero-order chi connectivity index (χ0) is 11.1. The summed E-state index contributed by atoms with van der Waals surface area (Å²) in [5, 5.41) is 3.20. The van der Waals surface area contributed by atoms with Crippen LogP contribution in [0.2, 0.25) is 0 Å². The topological polar surface area (TPSA) is 57.8 Å². The summed E-state index contributed by atoms with van der Waals surface area (Å²) in [6.45, 7) is 6.15. The standard InChI is InChI=1S/C11H17N3O/c1-11(2,3)8-6-9(15)14-10(13-8)12-7-4-5-7/h6-7H,4-5H2,1-3H3,(H2,12,13,14,15). The molecule has 1 aromatic rings. The van der Waals surface area contributed by atoms with Crippen molar-refractivity contribution < 1.29 is 0 Å². The molecule has 4 heteroatoms. The number of aromatic nitrogens is 2. The number of H-pyrrole nitrogens is 1. The molecule has 82 valence electrons. The molecule has 0 spiro atoms. The number of nitrogens with zero attached hydrogens (tertiary/aromatic N) is 1. The lowest BCUT2D eigenvalue weighted by molar-refractivity contribution is 0.566. The van der Waals surface area contributed by atoms with Crippen molar-refractivity contribution in [2.75, 3.05) is 5.32 Å². The number of hydrogen-bond acceptors (Lipinski definition) is 3. The molecular formula is C11H17N3O. The maximum atomic E-state index is 11.4. The third-order valence-electron chi connectivity index (χ3n) is 2.43. The molecule has 0 radical (unpaired) electrons. The van der Waals surface area contributed by atoms with E-state index in [1.165, 1.54) is 12.8 Å². The van der Waals surface area contributed by atoms with Crippen LogP contribution in [0.4, 0.5) is 5.95 Å². The summed E-state index contributed by atoms with van der Waals surface area (Å²) in [4.78, 5) is 18.6. The first-order valence-electron chi connectivity index (χ1n) is 5.33. The number of aromatic amines is 1. The van der Waals surface area contributed by atoms with E-state index in [2.05, 4.69) is 36.1 Å². The fourth-order valence-corrected chi connectivity index (χ4v) is 1.33. The van der Waals surface area contributed by atoms with Crippen LogP contribution in [-0.2, 0) is 5.41 Å². The first kappa shape index (κ1) is 10.2. The average molecular weight is 207 g/mol. The third kappa shape index (κ3) is 2.58. The van der Waals surface area contributed by atoms with Gasteiger partial charge in [0.05, 0.1) is 5.69 Å². The van der Waals surface area contributed by atoms with Gasteiger partial charge >= 0.3 is 0 Å². The predicted molar refractivity (Wildman–Crippen MR) is 60.2 cm³/mol. The van der Waals surface area contributed by atoms with Crippen molar-refractivity contribution >= 4 is 5.95 Å². The fraction of sp³-hybridized carbons (Fsp3) is 0.636. The maximum Gasteiger partial charge on any atom is 0.252 e. The van der Waals surface area contributed by atoms with Gasteiger partial charge in [0, 0.05) is 17.5 Å². The van der Waals surface area contributed by atoms with E-state index in [-0.39, 0.29) is 11.0 Å². The first-order chi connectivity index (χ1) is 6.95. The lowest BCUT2D eigenvalue weighted by Gasteiger charge is -2.17. The van der Waals surface area contributed by atoms with Crippen molar-refractivity contribution in [1.82, 2.24) is 9.97 Å². The molecule has 0 aromatic carbocycles. The highest BCUT2D eigenvalue weighted by Gasteiger charge is 2.23. The summed E-state index contributed by atoms with van der Waals surface area (Å²) in [6.07, 6.45) is 2.34. The fourth-order valence-electron chi connectivity index (χ4n) is 1.33. The molecule has 0 aliphatic heterocycles. The second kappa shape index (κ2) is 3.36. The lowest BCUT2D eigenvalue weighted by atomic mass is 9.92. The predicted octanol–water partition coefficient (Wildman–Crippen LogP) is 1.64. The Morgan fingerprint density at radius 3 is 2.67 bits per heavy atom. The van der Waals surface area contributed by atoms with E-state index >= 15 is 0 Å². The summed E-state index contributed by atoms with van der Waals surface area (Å²) >= 11 is 0. The minimum absolute atomic E-state index is 0.0851. The second-order valence-electron chi connectivity index (χ2n) is 5.15. The molecule has 2 N–H and O–H groups in total. The Balaban J connectivity index is 2.31. The summed E-state index contributed by atoms with van der Waals surface area (Å²) in [7, 11) is 0. The molecular weight excluding hydrogens is 190 g/mol. The second-order valence-corrected chi connectivity index (χ2v) is 5.15. The number of anilines is 1. The SMILES string of the molecule is CC(C)(C)c1cc(=O)[nH]c(NC2CC2)n1. The molecule has 0 saturated heterocycles. The summed E-state index contributed by atoms with van der Waals surface area (Å²) in [5.74, 6) is 0.606. The van der Waals surface area contributed by atoms with Crippen LogP contribution in [0.1, 0.15) is 39.3 Å². The third-order valence-corrected chi connectivity index (χ3v) is 2.43. The molecule has 1 fully saturated rings. The van der Waals surface area contributed by atoms with Gasteiger partial charge in [0.25, 0.3) is 5.56 Å². The highest BCUT2D eigenvalue weighted by molar-refractivity contribution is 5.30. The van der Waals surface area contributed by atoms with Crippen LogP contribution in [0.3, 0.4) is 0 Å². The zero-order valence-electron chi connectivity index (χ0n) is 9.42. The van der Waals surface area contributed by atoms with Gasteiger partial charge in [-0.1, -0.05) is 20.8 Å². The molecule has 1 aromatic heterocycles. The van der Waals surface area contributed by atoms with E-state index in [9.17, 15) is 4.79 Å². The highest BCUT2D eigenvalue weighted by Crippen LogP contribution is 2.24. The summed E-state index contributed by atoms with van der Waals surface area (Å²) < 4.78 is 0. The molecule has 0 atom stereocenters. The minimum atomic E-state index is -0.0890. The Morgan fingerprint density at radius 2 is 2.13 bits per heavy atom. The van der Waals surface area contributed by atoms with Crippen molar-refractivity contribution in [3.63, 3.8) is 0 Å². The number of rotatable bonds is 2. The van der Waals surface area contributed by atoms with Gasteiger partial charge in [-0.05, 0) is 12.8 Å². The van der Waals surface area contributed by atoms with Crippen molar-refractivity contribution in [2.45, 2.75) is 45.1 Å². The minimum Gasteiger partial charge on any atom is -0.353 e. The molecule has 1 heterocycles. The zero-order valence-corrected chi connectivity index (χ0v) is 9.42. The average Bonchev–Trinajstić information content (AvgIpc) is 2.85. The van der Waals surface area contributed by atoms with E-state index < -0.39 is 0 Å². The highest BCUT2D eigenvalue weighted by atomic mass is 16.1. The van der Waals surface area contributed by atoms with Crippen molar-refractivity contribution in [2.24, 2.45) is 0 Å². The van der Waals surface area contributed by atoms with Gasteiger partial charge in [-0.3, -0.25) is 9.78 Å². The molecule has 0 amide bonds. The smallest absolute Gasteiger partial charge is 0.252 e. The van der Waals surface area contributed by atoms with Crippen LogP contribution in [0.5, 0.6) is 0 Å². The Labute approximate surface area is 89.1 Å². The number of nitrogens with one attached hydrogen (secondary N) is 2. The van der Waals surface area contributed by atoms with Gasteiger partial charge in [0.15, 0.2) is 0 Å². The van der Waals surface area contributed by atoms with Crippen LogP contribution >= 0.6 is 0 Å². The Bertz CT molecular complexity index is 413. The van der Waals surface area contributed by atoms with Gasteiger partial charge in [0.1, 0.15) is 0 Å². The molecule has 0 unspecified atom stereocenters. The molecule has 1 aliphatic carbocycles. The summed E-state index contributed by atoms with van der Waals surface area (Å²) in [6, 6.07) is 2.07. The Morgan fingerprint density at radius 1 is 1.47 bits per heavy atom. The van der Waals surface area contributed by atoms with Gasteiger partial charge in [-0.15, -0.1) is 0 Å². The van der Waals surface area contributed by atoms with E-state index in [1.54, 1.807) is 6.07 Å². The monoisotopic (exact) mass is 207 g/mol. The van der Waals surface area contributed by atoms with E-state index in [1.807, 2.05) is 0 Å². The molecule has 0 bridgehead atoms. The van der Waals surface area contributed by atoms with Crippen LogP contribution in [0, 0.1) is 0 Å². The Hall–Kier alpha value is -1.32. The maximum absolute atomic E-state index is 11.4. The molecule has 1 aliphatic rings. The van der Waals surface area contributed by atoms with Crippen LogP contribution in [-0.4, -0.2) is 16.0 Å².